The van der Waals surface area contributed by atoms with Gasteiger partial charge in [-0.25, -0.2) is 0 Å². The molecule has 0 fully saturated rings. The zero-order chi connectivity index (χ0) is 16.2. The van der Waals surface area contributed by atoms with E-state index in [1.165, 1.54) is 24.0 Å². The van der Waals surface area contributed by atoms with Crippen LogP contribution in [0.25, 0.3) is 0 Å². The summed E-state index contributed by atoms with van der Waals surface area (Å²) in [5.74, 6) is 1.32. The van der Waals surface area contributed by atoms with Crippen LogP contribution in [0.3, 0.4) is 0 Å². The smallest absolute Gasteiger partial charge is 0.0719 e. The van der Waals surface area contributed by atoms with E-state index in [0.717, 1.165) is 18.9 Å². The van der Waals surface area contributed by atoms with Gasteiger partial charge in [-0.1, -0.05) is 62.5 Å². The first kappa shape index (κ1) is 18.7. The van der Waals surface area contributed by atoms with Crippen molar-refractivity contribution in [2.45, 2.75) is 47.0 Å². The summed E-state index contributed by atoms with van der Waals surface area (Å²) in [4.78, 5) is 0. The van der Waals surface area contributed by atoms with Crippen LogP contribution >= 0.6 is 0 Å². The minimum absolute atomic E-state index is 0.587. The van der Waals surface area contributed by atoms with E-state index in [1.807, 2.05) is 13.8 Å². The van der Waals surface area contributed by atoms with Gasteiger partial charge in [0.2, 0.25) is 0 Å². The van der Waals surface area contributed by atoms with Gasteiger partial charge in [-0.2, -0.15) is 0 Å². The molecule has 1 rings (SSSR count). The van der Waals surface area contributed by atoms with Crippen LogP contribution in [0.5, 0.6) is 0 Å². The van der Waals surface area contributed by atoms with E-state index in [-0.39, 0.29) is 0 Å². The predicted molar refractivity (Wildman–Crippen MR) is 97.9 cm³/mol. The van der Waals surface area contributed by atoms with Gasteiger partial charge < -0.3 is 4.74 Å². The molecule has 0 aromatic heterocycles. The second-order valence-electron chi connectivity index (χ2n) is 6.00. The van der Waals surface area contributed by atoms with Crippen LogP contribution in [-0.4, -0.2) is 13.2 Å². The fourth-order valence-electron chi connectivity index (χ4n) is 2.60. The molecule has 122 valence electrons. The van der Waals surface area contributed by atoms with Crippen molar-refractivity contribution in [3.05, 3.63) is 59.8 Å². The third kappa shape index (κ3) is 7.09. The highest BCUT2D eigenvalue weighted by Crippen LogP contribution is 2.22. The lowest BCUT2D eigenvalue weighted by Crippen LogP contribution is -2.14. The number of hydrogen-bond acceptors (Lipinski definition) is 1. The summed E-state index contributed by atoms with van der Waals surface area (Å²) in [6.07, 6.45) is 20.9. The van der Waals surface area contributed by atoms with E-state index in [2.05, 4.69) is 62.5 Å². The molecule has 0 saturated carbocycles. The van der Waals surface area contributed by atoms with Gasteiger partial charge in [0, 0.05) is 5.92 Å². The van der Waals surface area contributed by atoms with E-state index >= 15 is 0 Å². The van der Waals surface area contributed by atoms with Crippen LogP contribution < -0.4 is 0 Å². The van der Waals surface area contributed by atoms with Gasteiger partial charge in [0.05, 0.1) is 13.2 Å². The predicted octanol–water partition coefficient (Wildman–Crippen LogP) is 6.02. The van der Waals surface area contributed by atoms with Gasteiger partial charge in [0.15, 0.2) is 0 Å². The Morgan fingerprint density at radius 3 is 2.27 bits per heavy atom. The van der Waals surface area contributed by atoms with Crippen LogP contribution in [0.4, 0.5) is 0 Å². The largest absolute Gasteiger partial charge is 0.376 e. The number of hydrogen-bond donors (Lipinski definition) is 0. The highest BCUT2D eigenvalue weighted by Gasteiger charge is 2.13. The lowest BCUT2D eigenvalue weighted by Gasteiger charge is -2.20. The molecule has 0 bridgehead atoms. The van der Waals surface area contributed by atoms with Crippen molar-refractivity contribution in [1.82, 2.24) is 0 Å². The number of allylic oxidation sites excluding steroid dienone is 7. The Morgan fingerprint density at radius 1 is 1.05 bits per heavy atom. The summed E-state index contributed by atoms with van der Waals surface area (Å²) < 4.78 is 6.01. The SMILES string of the molecule is C\C=C/C=C(COCC1C=CC(C)CC1)/C(=C/C=C\C)CC. The maximum Gasteiger partial charge on any atom is 0.0719 e. The Bertz CT molecular complexity index is 449. The number of ether oxygens (including phenoxy) is 1. The maximum absolute atomic E-state index is 6.01. The molecule has 0 spiro atoms. The van der Waals surface area contributed by atoms with Gasteiger partial charge in [0.25, 0.3) is 0 Å². The molecule has 0 aromatic carbocycles. The summed E-state index contributed by atoms with van der Waals surface area (Å²) in [6.45, 7) is 10.1. The van der Waals surface area contributed by atoms with Gasteiger partial charge in [-0.3, -0.25) is 0 Å². The summed E-state index contributed by atoms with van der Waals surface area (Å²) in [5, 5.41) is 0. The Morgan fingerprint density at radius 2 is 1.73 bits per heavy atom. The zero-order valence-electron chi connectivity index (χ0n) is 14.7. The minimum Gasteiger partial charge on any atom is -0.376 e. The standard InChI is InChI=1S/C21H32O/c1-5-8-10-20(7-3)21(11-9-6-2)17-22-16-19-14-12-18(4)13-15-19/h5-6,8-12,14,18-19H,7,13,15-17H2,1-4H3/b8-5-,9-6-,20-10+,21-11+. The van der Waals surface area contributed by atoms with E-state index in [4.69, 9.17) is 4.74 Å². The third-order valence-corrected chi connectivity index (χ3v) is 4.07. The lowest BCUT2D eigenvalue weighted by molar-refractivity contribution is 0.126. The van der Waals surface area contributed by atoms with E-state index in [1.54, 1.807) is 0 Å². The summed E-state index contributed by atoms with van der Waals surface area (Å²) in [6, 6.07) is 0. The van der Waals surface area contributed by atoms with Crippen molar-refractivity contribution in [3.63, 3.8) is 0 Å². The molecule has 0 N–H and O–H groups in total. The molecule has 1 heteroatoms. The van der Waals surface area contributed by atoms with E-state index in [0.29, 0.717) is 12.5 Å². The molecule has 0 saturated heterocycles. The van der Waals surface area contributed by atoms with Crippen LogP contribution in [0.1, 0.15) is 47.0 Å². The van der Waals surface area contributed by atoms with Crippen LogP contribution in [0, 0.1) is 11.8 Å². The van der Waals surface area contributed by atoms with Gasteiger partial charge >= 0.3 is 0 Å². The molecule has 2 atom stereocenters. The van der Waals surface area contributed by atoms with Crippen molar-refractivity contribution < 1.29 is 4.74 Å². The second kappa shape index (κ2) is 11.3. The molecular formula is C21H32O. The highest BCUT2D eigenvalue weighted by atomic mass is 16.5. The minimum atomic E-state index is 0.587. The van der Waals surface area contributed by atoms with Crippen molar-refractivity contribution >= 4 is 0 Å². The van der Waals surface area contributed by atoms with E-state index in [9.17, 15) is 0 Å². The first-order valence-electron chi connectivity index (χ1n) is 8.61. The highest BCUT2D eigenvalue weighted by molar-refractivity contribution is 5.36. The summed E-state index contributed by atoms with van der Waals surface area (Å²) in [5.41, 5.74) is 2.64. The third-order valence-electron chi connectivity index (χ3n) is 4.07. The van der Waals surface area contributed by atoms with Crippen molar-refractivity contribution in [2.24, 2.45) is 11.8 Å². The Kier molecular flexibility index (Phi) is 9.57. The monoisotopic (exact) mass is 300 g/mol. The fraction of sp³-hybridized carbons (Fsp3) is 0.524. The van der Waals surface area contributed by atoms with Gasteiger partial charge in [-0.15, -0.1) is 0 Å². The summed E-state index contributed by atoms with van der Waals surface area (Å²) >= 11 is 0. The van der Waals surface area contributed by atoms with Crippen LogP contribution in [-0.2, 0) is 4.74 Å². The molecular weight excluding hydrogens is 268 g/mol. The average Bonchev–Trinajstić information content (AvgIpc) is 2.54. The van der Waals surface area contributed by atoms with Crippen LogP contribution in [0.2, 0.25) is 0 Å². The Balaban J connectivity index is 2.60. The molecule has 1 aliphatic rings. The normalized spacial score (nSPS) is 23.8. The molecule has 22 heavy (non-hydrogen) atoms. The summed E-state index contributed by atoms with van der Waals surface area (Å²) in [7, 11) is 0. The number of rotatable bonds is 8. The molecule has 1 nitrogen and oxygen atoms in total. The van der Waals surface area contributed by atoms with Crippen molar-refractivity contribution in [1.29, 1.82) is 0 Å². The lowest BCUT2D eigenvalue weighted by atomic mass is 9.90. The first-order valence-corrected chi connectivity index (χ1v) is 8.61. The van der Waals surface area contributed by atoms with Crippen molar-refractivity contribution in [3.8, 4) is 0 Å². The van der Waals surface area contributed by atoms with Crippen LogP contribution in [0.15, 0.2) is 59.8 Å². The molecule has 0 radical (unpaired) electrons. The Hall–Kier alpha value is -1.34. The molecule has 0 amide bonds. The molecule has 1 aliphatic carbocycles. The zero-order valence-corrected chi connectivity index (χ0v) is 14.7. The molecule has 2 unspecified atom stereocenters. The maximum atomic E-state index is 6.01. The first-order chi connectivity index (χ1) is 10.7. The topological polar surface area (TPSA) is 9.23 Å². The molecule has 0 aliphatic heterocycles. The molecule has 0 aromatic rings. The quantitative estimate of drug-likeness (QED) is 0.393. The van der Waals surface area contributed by atoms with Gasteiger partial charge in [0.1, 0.15) is 0 Å². The fourth-order valence-corrected chi connectivity index (χ4v) is 2.60. The molecule has 0 heterocycles. The second-order valence-corrected chi connectivity index (χ2v) is 6.00. The van der Waals surface area contributed by atoms with Crippen molar-refractivity contribution in [2.75, 3.05) is 13.2 Å². The average molecular weight is 300 g/mol. The Labute approximate surface area is 137 Å². The van der Waals surface area contributed by atoms with E-state index < -0.39 is 0 Å². The van der Waals surface area contributed by atoms with Gasteiger partial charge in [-0.05, 0) is 50.2 Å².